The molecule has 2 aromatic heterocycles. The molecule has 5 rings (SSSR count). The lowest BCUT2D eigenvalue weighted by atomic mass is 10.1. The summed E-state index contributed by atoms with van der Waals surface area (Å²) in [5.41, 5.74) is 6.07. The lowest BCUT2D eigenvalue weighted by molar-refractivity contribution is -0.117. The molecule has 4 aromatic rings. The molecule has 5 heteroatoms. The van der Waals surface area contributed by atoms with Crippen LogP contribution in [0.4, 0.5) is 11.4 Å². The zero-order valence-electron chi connectivity index (χ0n) is 16.1. The van der Waals surface area contributed by atoms with Crippen molar-refractivity contribution < 1.29 is 4.79 Å². The average Bonchev–Trinajstić information content (AvgIpc) is 3.36. The fourth-order valence-electron chi connectivity index (χ4n) is 3.93. The molecule has 1 N–H and O–H groups in total. The zero-order chi connectivity index (χ0) is 19.6. The molecule has 1 fully saturated rings. The first kappa shape index (κ1) is 17.5. The van der Waals surface area contributed by atoms with Gasteiger partial charge in [-0.25, -0.2) is 4.98 Å². The van der Waals surface area contributed by atoms with Crippen molar-refractivity contribution >= 4 is 22.9 Å². The number of carbonyl (C=O) groups excluding carboxylic acids is 1. The molecule has 0 bridgehead atoms. The molecular weight excluding hydrogens is 360 g/mol. The third-order valence-electron chi connectivity index (χ3n) is 5.37. The van der Waals surface area contributed by atoms with Crippen molar-refractivity contribution in [2.24, 2.45) is 0 Å². The minimum absolute atomic E-state index is 0.204. The molecule has 0 unspecified atom stereocenters. The summed E-state index contributed by atoms with van der Waals surface area (Å²) in [6.45, 7) is 1.43. The van der Waals surface area contributed by atoms with Crippen LogP contribution in [-0.4, -0.2) is 21.8 Å². The van der Waals surface area contributed by atoms with Gasteiger partial charge in [0.05, 0.1) is 17.9 Å². The second-order valence-corrected chi connectivity index (χ2v) is 7.25. The number of amides is 1. The summed E-state index contributed by atoms with van der Waals surface area (Å²) in [6, 6.07) is 24.4. The maximum atomic E-state index is 12.1. The van der Waals surface area contributed by atoms with E-state index in [4.69, 9.17) is 4.98 Å². The Morgan fingerprint density at radius 1 is 0.966 bits per heavy atom. The summed E-state index contributed by atoms with van der Waals surface area (Å²) in [6.07, 6.45) is 3.61. The molecule has 0 spiro atoms. The van der Waals surface area contributed by atoms with Crippen molar-refractivity contribution in [1.29, 1.82) is 0 Å². The topological polar surface area (TPSA) is 49.6 Å². The maximum absolute atomic E-state index is 12.1. The van der Waals surface area contributed by atoms with Gasteiger partial charge in [0.15, 0.2) is 0 Å². The number of carbonyl (C=O) groups is 1. The van der Waals surface area contributed by atoms with Gasteiger partial charge in [-0.3, -0.25) is 4.79 Å². The minimum atomic E-state index is 0.204. The number of hydrogen-bond acceptors (Lipinski definition) is 3. The molecule has 144 valence electrons. The van der Waals surface area contributed by atoms with Gasteiger partial charge in [-0.1, -0.05) is 42.5 Å². The Morgan fingerprint density at radius 2 is 1.83 bits per heavy atom. The van der Waals surface area contributed by atoms with Crippen LogP contribution in [0.2, 0.25) is 0 Å². The van der Waals surface area contributed by atoms with Crippen molar-refractivity contribution in [1.82, 2.24) is 9.38 Å². The molecule has 5 nitrogen and oxygen atoms in total. The van der Waals surface area contributed by atoms with E-state index in [2.05, 4.69) is 27.9 Å². The third kappa shape index (κ3) is 3.36. The van der Waals surface area contributed by atoms with Crippen LogP contribution in [0.1, 0.15) is 18.5 Å². The molecule has 1 aliphatic rings. The molecule has 1 saturated heterocycles. The molecule has 1 amide bonds. The van der Waals surface area contributed by atoms with E-state index >= 15 is 0 Å². The number of nitrogens with zero attached hydrogens (tertiary/aromatic N) is 3. The van der Waals surface area contributed by atoms with Crippen LogP contribution in [0.15, 0.2) is 79.0 Å². The fourth-order valence-corrected chi connectivity index (χ4v) is 3.93. The van der Waals surface area contributed by atoms with Crippen LogP contribution in [0.3, 0.4) is 0 Å². The average molecular weight is 382 g/mol. The van der Waals surface area contributed by atoms with E-state index in [1.165, 1.54) is 0 Å². The molecule has 3 heterocycles. The van der Waals surface area contributed by atoms with E-state index < -0.39 is 0 Å². The number of pyridine rings is 1. The monoisotopic (exact) mass is 382 g/mol. The Hall–Kier alpha value is -3.60. The van der Waals surface area contributed by atoms with E-state index in [1.807, 2.05) is 65.7 Å². The number of hydrogen-bond donors (Lipinski definition) is 1. The smallest absolute Gasteiger partial charge is 0.227 e. The van der Waals surface area contributed by atoms with Crippen molar-refractivity contribution in [3.63, 3.8) is 0 Å². The van der Waals surface area contributed by atoms with Crippen LogP contribution in [-0.2, 0) is 11.3 Å². The summed E-state index contributed by atoms with van der Waals surface area (Å²) in [5.74, 6) is 0.204. The second-order valence-electron chi connectivity index (χ2n) is 7.25. The Bertz CT molecular complexity index is 1170. The van der Waals surface area contributed by atoms with Crippen LogP contribution >= 0.6 is 0 Å². The highest BCUT2D eigenvalue weighted by Gasteiger charge is 2.21. The quantitative estimate of drug-likeness (QED) is 0.542. The molecule has 0 aliphatic carbocycles. The Balaban J connectivity index is 1.46. The van der Waals surface area contributed by atoms with E-state index in [1.54, 1.807) is 0 Å². The van der Waals surface area contributed by atoms with Gasteiger partial charge in [0.25, 0.3) is 0 Å². The van der Waals surface area contributed by atoms with Gasteiger partial charge in [-0.05, 0) is 36.8 Å². The first-order valence-electron chi connectivity index (χ1n) is 9.95. The van der Waals surface area contributed by atoms with Gasteiger partial charge in [0, 0.05) is 36.1 Å². The summed E-state index contributed by atoms with van der Waals surface area (Å²) < 4.78 is 2.13. The number of aromatic nitrogens is 2. The van der Waals surface area contributed by atoms with Crippen molar-refractivity contribution in [3.05, 3.63) is 84.7 Å². The Labute approximate surface area is 169 Å². The molecule has 1 aliphatic heterocycles. The van der Waals surface area contributed by atoms with Crippen LogP contribution in [0.5, 0.6) is 0 Å². The minimum Gasteiger partial charge on any atom is -0.379 e. The standard InChI is InChI=1S/C24H22N4O/c29-23-13-7-15-27(23)20-11-6-10-19(16-20)25-17-21-24(18-8-2-1-3-9-18)26-22-12-4-5-14-28(21)22/h1-6,8-12,14,16,25H,7,13,15,17H2. The fraction of sp³-hybridized carbons (Fsp3) is 0.167. The number of benzene rings is 2. The first-order valence-corrected chi connectivity index (χ1v) is 9.95. The third-order valence-corrected chi connectivity index (χ3v) is 5.37. The molecule has 0 radical (unpaired) electrons. The van der Waals surface area contributed by atoms with Gasteiger partial charge >= 0.3 is 0 Å². The number of imidazole rings is 1. The molecule has 2 aromatic carbocycles. The van der Waals surface area contributed by atoms with Crippen LogP contribution < -0.4 is 10.2 Å². The van der Waals surface area contributed by atoms with Gasteiger partial charge in [-0.2, -0.15) is 0 Å². The maximum Gasteiger partial charge on any atom is 0.227 e. The van der Waals surface area contributed by atoms with Crippen LogP contribution in [0, 0.1) is 0 Å². The number of rotatable bonds is 5. The molecular formula is C24H22N4O. The molecule has 29 heavy (non-hydrogen) atoms. The zero-order valence-corrected chi connectivity index (χ0v) is 16.1. The Morgan fingerprint density at radius 3 is 2.66 bits per heavy atom. The van der Waals surface area contributed by atoms with Gasteiger partial charge < -0.3 is 14.6 Å². The van der Waals surface area contributed by atoms with E-state index in [-0.39, 0.29) is 5.91 Å². The summed E-state index contributed by atoms with van der Waals surface area (Å²) in [7, 11) is 0. The van der Waals surface area contributed by atoms with E-state index in [9.17, 15) is 4.79 Å². The predicted molar refractivity (Wildman–Crippen MR) is 116 cm³/mol. The number of nitrogens with one attached hydrogen (secondary N) is 1. The lowest BCUT2D eigenvalue weighted by Crippen LogP contribution is -2.23. The predicted octanol–water partition coefficient (Wildman–Crippen LogP) is 4.74. The molecule has 0 saturated carbocycles. The summed E-state index contributed by atoms with van der Waals surface area (Å²) in [5, 5.41) is 3.53. The van der Waals surface area contributed by atoms with Crippen molar-refractivity contribution in [2.75, 3.05) is 16.8 Å². The first-order chi connectivity index (χ1) is 14.3. The highest BCUT2D eigenvalue weighted by atomic mass is 16.2. The second kappa shape index (κ2) is 7.43. The Kier molecular flexibility index (Phi) is 4.48. The van der Waals surface area contributed by atoms with Gasteiger partial charge in [0.2, 0.25) is 5.91 Å². The van der Waals surface area contributed by atoms with Crippen molar-refractivity contribution in [3.8, 4) is 11.3 Å². The van der Waals surface area contributed by atoms with Gasteiger partial charge in [0.1, 0.15) is 5.65 Å². The molecule has 0 atom stereocenters. The lowest BCUT2D eigenvalue weighted by Gasteiger charge is -2.17. The number of anilines is 2. The van der Waals surface area contributed by atoms with Crippen LogP contribution in [0.25, 0.3) is 16.9 Å². The SMILES string of the molecule is O=C1CCCN1c1cccc(NCc2c(-c3ccccc3)nc3ccccn23)c1. The summed E-state index contributed by atoms with van der Waals surface area (Å²) in [4.78, 5) is 18.8. The highest BCUT2D eigenvalue weighted by Crippen LogP contribution is 2.27. The normalized spacial score (nSPS) is 13.9. The van der Waals surface area contributed by atoms with E-state index in [0.717, 1.165) is 46.9 Å². The highest BCUT2D eigenvalue weighted by molar-refractivity contribution is 5.95. The van der Waals surface area contributed by atoms with E-state index in [0.29, 0.717) is 13.0 Å². The summed E-state index contributed by atoms with van der Waals surface area (Å²) >= 11 is 0. The number of fused-ring (bicyclic) bond motifs is 1. The van der Waals surface area contributed by atoms with Gasteiger partial charge in [-0.15, -0.1) is 0 Å². The van der Waals surface area contributed by atoms with Crippen molar-refractivity contribution in [2.45, 2.75) is 19.4 Å². The largest absolute Gasteiger partial charge is 0.379 e.